The number of amides is 1. The summed E-state index contributed by atoms with van der Waals surface area (Å²) in [5.41, 5.74) is 3.40. The maximum Gasteiger partial charge on any atom is 0.279 e. The minimum Gasteiger partial charge on any atom is -0.309 e. The van der Waals surface area contributed by atoms with Crippen LogP contribution in [-0.2, 0) is 17.8 Å². The maximum absolute atomic E-state index is 13.4. The molecule has 0 atom stereocenters. The Bertz CT molecular complexity index is 1540. The monoisotopic (exact) mass is 470 g/mol. The molecular weight excluding hydrogens is 448 g/mol. The van der Waals surface area contributed by atoms with E-state index in [1.165, 1.54) is 15.9 Å². The molecule has 5 aromatic rings. The highest BCUT2D eigenvalue weighted by atomic mass is 32.1. The fourth-order valence-corrected chi connectivity index (χ4v) is 4.52. The molecule has 3 aromatic heterocycles. The highest BCUT2D eigenvalue weighted by molar-refractivity contribution is 7.13. The van der Waals surface area contributed by atoms with Crippen LogP contribution in [-0.4, -0.2) is 30.1 Å². The molecule has 9 heteroatoms. The predicted octanol–water partition coefficient (Wildman–Crippen LogP) is 3.86. The van der Waals surface area contributed by atoms with Crippen molar-refractivity contribution in [2.45, 2.75) is 26.8 Å². The van der Waals surface area contributed by atoms with Crippen molar-refractivity contribution in [1.29, 1.82) is 0 Å². The number of carbonyl (C=O) groups excluding carboxylic acids is 1. The van der Waals surface area contributed by atoms with E-state index in [-0.39, 0.29) is 17.9 Å². The smallest absolute Gasteiger partial charge is 0.279 e. The van der Waals surface area contributed by atoms with E-state index in [2.05, 4.69) is 15.4 Å². The first-order valence-electron chi connectivity index (χ1n) is 10.8. The predicted molar refractivity (Wildman–Crippen MR) is 132 cm³/mol. The van der Waals surface area contributed by atoms with Gasteiger partial charge in [0.25, 0.3) is 5.56 Å². The van der Waals surface area contributed by atoms with E-state index in [9.17, 15) is 9.59 Å². The molecule has 0 aliphatic carbocycles. The first kappa shape index (κ1) is 21.7. The SMILES string of the molecule is Cc1csc(NC(=O)Cc2c(C)n(Cc3ccccc3)c3nc(-c4ccccc4)nn3c2=O)n1. The fraction of sp³-hybridized carbons (Fsp3) is 0.160. The van der Waals surface area contributed by atoms with Gasteiger partial charge in [-0.25, -0.2) is 4.98 Å². The normalized spacial score (nSPS) is 11.1. The molecule has 0 spiro atoms. The summed E-state index contributed by atoms with van der Waals surface area (Å²) in [5, 5.41) is 9.67. The lowest BCUT2D eigenvalue weighted by atomic mass is 10.1. The summed E-state index contributed by atoms with van der Waals surface area (Å²) in [6, 6.07) is 19.4. The number of aryl methyl sites for hydroxylation is 1. The molecule has 0 aliphatic rings. The number of benzene rings is 2. The second-order valence-electron chi connectivity index (χ2n) is 7.97. The number of hydrogen-bond donors (Lipinski definition) is 1. The van der Waals surface area contributed by atoms with Gasteiger partial charge in [-0.2, -0.15) is 9.50 Å². The van der Waals surface area contributed by atoms with E-state index in [0.717, 1.165) is 16.8 Å². The van der Waals surface area contributed by atoms with Gasteiger partial charge in [0, 0.05) is 22.2 Å². The number of carbonyl (C=O) groups is 1. The van der Waals surface area contributed by atoms with Crippen molar-refractivity contribution in [1.82, 2.24) is 24.1 Å². The Kier molecular flexibility index (Phi) is 5.77. The molecule has 3 heterocycles. The van der Waals surface area contributed by atoms with Crippen LogP contribution < -0.4 is 10.9 Å². The number of aromatic nitrogens is 5. The summed E-state index contributed by atoms with van der Waals surface area (Å²) in [6.45, 7) is 4.20. The lowest BCUT2D eigenvalue weighted by Gasteiger charge is -2.15. The average Bonchev–Trinajstić information content (AvgIpc) is 3.47. The van der Waals surface area contributed by atoms with Crippen LogP contribution in [0.25, 0.3) is 17.2 Å². The summed E-state index contributed by atoms with van der Waals surface area (Å²) >= 11 is 1.35. The molecule has 0 aliphatic heterocycles. The van der Waals surface area contributed by atoms with Crippen LogP contribution in [0.4, 0.5) is 5.13 Å². The zero-order valence-corrected chi connectivity index (χ0v) is 19.5. The molecule has 34 heavy (non-hydrogen) atoms. The summed E-state index contributed by atoms with van der Waals surface area (Å²) in [4.78, 5) is 35.2. The molecule has 1 amide bonds. The number of anilines is 1. The second kappa shape index (κ2) is 9.03. The highest BCUT2D eigenvalue weighted by Gasteiger charge is 2.21. The Morgan fingerprint density at radius 1 is 1.00 bits per heavy atom. The third-order valence-corrected chi connectivity index (χ3v) is 6.42. The third kappa shape index (κ3) is 4.25. The molecule has 0 fully saturated rings. The zero-order chi connectivity index (χ0) is 23.7. The Labute approximate surface area is 199 Å². The molecule has 0 radical (unpaired) electrons. The minimum atomic E-state index is -0.350. The molecule has 0 bridgehead atoms. The van der Waals surface area contributed by atoms with Crippen LogP contribution in [0, 0.1) is 13.8 Å². The van der Waals surface area contributed by atoms with Gasteiger partial charge >= 0.3 is 0 Å². The molecule has 2 aromatic carbocycles. The van der Waals surface area contributed by atoms with Crippen LogP contribution in [0.15, 0.2) is 70.8 Å². The lowest BCUT2D eigenvalue weighted by molar-refractivity contribution is -0.115. The molecule has 1 N–H and O–H groups in total. The van der Waals surface area contributed by atoms with E-state index in [0.29, 0.717) is 34.5 Å². The molecular formula is C25H22N6O2S. The van der Waals surface area contributed by atoms with Crippen molar-refractivity contribution in [2.75, 3.05) is 5.32 Å². The number of fused-ring (bicyclic) bond motifs is 1. The largest absolute Gasteiger partial charge is 0.309 e. The second-order valence-corrected chi connectivity index (χ2v) is 8.83. The topological polar surface area (TPSA) is 94.2 Å². The van der Waals surface area contributed by atoms with Gasteiger partial charge in [-0.15, -0.1) is 16.4 Å². The van der Waals surface area contributed by atoms with Crippen LogP contribution in [0.1, 0.15) is 22.5 Å². The number of thiazole rings is 1. The van der Waals surface area contributed by atoms with Crippen molar-refractivity contribution in [3.8, 4) is 11.4 Å². The van der Waals surface area contributed by atoms with Crippen LogP contribution >= 0.6 is 11.3 Å². The van der Waals surface area contributed by atoms with E-state index >= 15 is 0 Å². The Hall–Kier alpha value is -4.11. The molecule has 0 saturated heterocycles. The molecule has 170 valence electrons. The number of nitrogens with zero attached hydrogens (tertiary/aromatic N) is 5. The van der Waals surface area contributed by atoms with Gasteiger partial charge in [-0.1, -0.05) is 60.7 Å². The first-order chi connectivity index (χ1) is 16.5. The zero-order valence-electron chi connectivity index (χ0n) is 18.7. The van der Waals surface area contributed by atoms with Gasteiger partial charge in [0.2, 0.25) is 11.7 Å². The molecule has 8 nitrogen and oxygen atoms in total. The fourth-order valence-electron chi connectivity index (χ4n) is 3.81. The summed E-state index contributed by atoms with van der Waals surface area (Å²) in [7, 11) is 0. The van der Waals surface area contributed by atoms with Gasteiger partial charge in [0.1, 0.15) is 0 Å². The molecule has 0 saturated carbocycles. The Balaban J connectivity index is 1.61. The first-order valence-corrected chi connectivity index (χ1v) is 11.7. The van der Waals surface area contributed by atoms with Crippen molar-refractivity contribution in [3.05, 3.63) is 98.9 Å². The molecule has 0 unspecified atom stereocenters. The number of nitrogens with one attached hydrogen (secondary N) is 1. The van der Waals surface area contributed by atoms with Crippen LogP contribution in [0.5, 0.6) is 0 Å². The van der Waals surface area contributed by atoms with E-state index in [1.54, 1.807) is 0 Å². The lowest BCUT2D eigenvalue weighted by Crippen LogP contribution is -2.29. The van der Waals surface area contributed by atoms with Gasteiger partial charge in [0.05, 0.1) is 18.7 Å². The van der Waals surface area contributed by atoms with E-state index in [1.807, 2.05) is 84.5 Å². The number of rotatable bonds is 6. The summed E-state index contributed by atoms with van der Waals surface area (Å²) in [6.07, 6.45) is -0.0887. The van der Waals surface area contributed by atoms with Gasteiger partial charge in [-0.05, 0) is 19.4 Å². The highest BCUT2D eigenvalue weighted by Crippen LogP contribution is 2.19. The quantitative estimate of drug-likeness (QED) is 0.407. The average molecular weight is 471 g/mol. The van der Waals surface area contributed by atoms with Crippen LogP contribution in [0.3, 0.4) is 0 Å². The molecule has 5 rings (SSSR count). The standard InChI is InChI=1S/C25H22N6O2S/c1-16-15-34-24(26-16)27-21(32)13-20-17(2)30(14-18-9-5-3-6-10-18)25-28-22(29-31(25)23(20)33)19-11-7-4-8-12-19/h3-12,15H,13-14H2,1-2H3,(H,26,27,32). The van der Waals surface area contributed by atoms with Crippen LogP contribution in [0.2, 0.25) is 0 Å². The van der Waals surface area contributed by atoms with Gasteiger partial charge < -0.3 is 9.88 Å². The maximum atomic E-state index is 13.4. The van der Waals surface area contributed by atoms with Crippen molar-refractivity contribution >= 4 is 28.2 Å². The van der Waals surface area contributed by atoms with Crippen molar-refractivity contribution in [3.63, 3.8) is 0 Å². The van der Waals surface area contributed by atoms with Crippen molar-refractivity contribution < 1.29 is 4.79 Å². The van der Waals surface area contributed by atoms with Gasteiger partial charge in [-0.3, -0.25) is 9.59 Å². The third-order valence-electron chi connectivity index (χ3n) is 5.54. The number of hydrogen-bond acceptors (Lipinski definition) is 6. The van der Waals surface area contributed by atoms with E-state index in [4.69, 9.17) is 4.98 Å². The Morgan fingerprint density at radius 3 is 2.38 bits per heavy atom. The van der Waals surface area contributed by atoms with Crippen molar-refractivity contribution in [2.24, 2.45) is 0 Å². The van der Waals surface area contributed by atoms with Gasteiger partial charge in [0.15, 0.2) is 11.0 Å². The van der Waals surface area contributed by atoms with E-state index < -0.39 is 0 Å². The minimum absolute atomic E-state index is 0.0887. The summed E-state index contributed by atoms with van der Waals surface area (Å²) < 4.78 is 3.24. The summed E-state index contributed by atoms with van der Waals surface area (Å²) in [5.74, 6) is 0.590. The Morgan fingerprint density at radius 2 is 1.71 bits per heavy atom.